The van der Waals surface area contributed by atoms with E-state index in [0.29, 0.717) is 38.7 Å². The average Bonchev–Trinajstić information content (AvgIpc) is 2.47. The fraction of sp³-hybridized carbons (Fsp3) is 0.688. The van der Waals surface area contributed by atoms with Gasteiger partial charge in [-0.2, -0.15) is 11.8 Å². The van der Waals surface area contributed by atoms with Crippen molar-refractivity contribution in [2.45, 2.75) is 19.8 Å². The van der Waals surface area contributed by atoms with E-state index in [1.54, 1.807) is 7.11 Å². The third-order valence-corrected chi connectivity index (χ3v) is 3.03. The van der Waals surface area contributed by atoms with Crippen LogP contribution >= 0.6 is 11.8 Å². The first-order chi connectivity index (χ1) is 10.0. The minimum absolute atomic E-state index is 0. The Hall–Kier alpha value is 1.84. The molecule has 0 fully saturated rings. The molecule has 7 heteroatoms. The quantitative estimate of drug-likeness (QED) is 0.366. The van der Waals surface area contributed by atoms with Crippen LogP contribution < -0.4 is 5.32 Å². The fourth-order valence-electron chi connectivity index (χ4n) is 1.08. The van der Waals surface area contributed by atoms with E-state index in [2.05, 4.69) is 55.7 Å². The number of thioether (sulfide) groups is 1. The van der Waals surface area contributed by atoms with Crippen LogP contribution in [-0.2, 0) is 14.3 Å². The zero-order valence-electron chi connectivity index (χ0n) is 15.0. The first-order valence-corrected chi connectivity index (χ1v) is 8.42. The number of hydrogen-bond acceptors (Lipinski definition) is 4. The summed E-state index contributed by atoms with van der Waals surface area (Å²) in [5, 5.41) is 2.69. The first-order valence-electron chi connectivity index (χ1n) is 7.03. The molecule has 0 unspecified atom stereocenters. The van der Waals surface area contributed by atoms with Gasteiger partial charge in [-0.1, -0.05) is 26.7 Å². The number of rotatable bonds is 9. The minimum atomic E-state index is 0. The number of methoxy groups -OCH3 is 1. The molecule has 0 aromatic carbocycles. The molecule has 0 bridgehead atoms. The van der Waals surface area contributed by atoms with Gasteiger partial charge in [-0.15, -0.1) is 6.54 Å². The van der Waals surface area contributed by atoms with Crippen LogP contribution in [0.3, 0.4) is 0 Å². The molecule has 0 saturated carbocycles. The predicted octanol–water partition coefficient (Wildman–Crippen LogP) is 2.85. The van der Waals surface area contributed by atoms with Gasteiger partial charge in [0, 0.05) is 13.5 Å². The molecule has 1 amide bonds. The van der Waals surface area contributed by atoms with Crippen molar-refractivity contribution < 1.29 is 76.5 Å². The topological polar surface area (TPSA) is 47.6 Å². The maximum absolute atomic E-state index is 11.0. The second kappa shape index (κ2) is 35.0. The van der Waals surface area contributed by atoms with E-state index in [0.717, 1.165) is 12.2 Å². The third-order valence-electron chi connectivity index (χ3n) is 2.13. The summed E-state index contributed by atoms with van der Waals surface area (Å²) in [6.45, 7) is 18.1. The van der Waals surface area contributed by atoms with Gasteiger partial charge in [0.15, 0.2) is 0 Å². The average molecular weight is 796 g/mol. The number of carbonyl (C=O) groups is 1. The van der Waals surface area contributed by atoms with Crippen LogP contribution in [0, 0.1) is 95.8 Å². The van der Waals surface area contributed by atoms with Crippen molar-refractivity contribution in [2.75, 3.05) is 45.5 Å². The molecule has 1 N–H and O–H groups in total. The van der Waals surface area contributed by atoms with E-state index >= 15 is 0 Å². The van der Waals surface area contributed by atoms with Crippen molar-refractivity contribution in [3.63, 3.8) is 0 Å². The minimum Gasteiger partial charge on any atom is -0.445 e. The number of hydrogen-bond donors (Lipinski definition) is 1. The summed E-state index contributed by atoms with van der Waals surface area (Å²) in [6.07, 6.45) is 3.70. The monoisotopic (exact) mass is 795 g/mol. The largest absolute Gasteiger partial charge is 2.00 e. The van der Waals surface area contributed by atoms with Gasteiger partial charge < -0.3 is 42.5 Å². The van der Waals surface area contributed by atoms with E-state index < -0.39 is 0 Å². The molecule has 134 valence electrons. The normalized spacial score (nSPS) is 9.70. The standard InChI is InChI=1S/C9H18NOS.C4H8O.C3H7O.2U/c1-4-10-9(11)6-5-8(2)7-12-3;1-3-5-4-2;1-3-4-2;;/h8H,1,4-7H2,2-3H3,(H,10,11);1-4H2;1,3H2,2H3;;/q-1;-2;-1;2*+2/t8-;;;;/m0..../s1. The molecular formula is C16H33NO3SU2. The Balaban J connectivity index is -0.0000000828. The molecule has 0 aromatic heterocycles. The maximum Gasteiger partial charge on any atom is 2.00 e. The Kier molecular flexibility index (Phi) is 54.6. The molecule has 0 saturated heterocycles. The maximum atomic E-state index is 11.0. The Morgan fingerprint density at radius 2 is 1.61 bits per heavy atom. The van der Waals surface area contributed by atoms with Gasteiger partial charge in [0.1, 0.15) is 0 Å². The molecule has 0 aromatic rings. The Morgan fingerprint density at radius 3 is 1.87 bits per heavy atom. The number of ether oxygens (including phenoxy) is 2. The first kappa shape index (κ1) is 35.9. The molecule has 0 radical (unpaired) electrons. The smallest absolute Gasteiger partial charge is 0.445 e. The fourth-order valence-corrected chi connectivity index (χ4v) is 1.81. The van der Waals surface area contributed by atoms with Gasteiger partial charge in [-0.05, 0) is 24.3 Å². The molecular weight excluding hydrogens is 762 g/mol. The van der Waals surface area contributed by atoms with E-state index in [-0.39, 0.29) is 68.1 Å². The van der Waals surface area contributed by atoms with Crippen LogP contribution in [0.5, 0.6) is 0 Å². The molecule has 0 heterocycles. The van der Waals surface area contributed by atoms with Crippen LogP contribution in [0.15, 0.2) is 0 Å². The van der Waals surface area contributed by atoms with Crippen molar-refractivity contribution in [3.05, 3.63) is 27.7 Å². The van der Waals surface area contributed by atoms with E-state index in [4.69, 9.17) is 0 Å². The van der Waals surface area contributed by atoms with Crippen molar-refractivity contribution in [1.82, 2.24) is 5.32 Å². The molecule has 0 spiro atoms. The summed E-state index contributed by atoms with van der Waals surface area (Å²) < 4.78 is 9.04. The van der Waals surface area contributed by atoms with Gasteiger partial charge in [0.2, 0.25) is 5.91 Å². The van der Waals surface area contributed by atoms with Crippen molar-refractivity contribution in [1.29, 1.82) is 0 Å². The van der Waals surface area contributed by atoms with Crippen molar-refractivity contribution >= 4 is 17.7 Å². The van der Waals surface area contributed by atoms with Gasteiger partial charge in [-0.25, -0.2) is 0 Å². The second-order valence-corrected chi connectivity index (χ2v) is 4.96. The zero-order chi connectivity index (χ0) is 16.9. The van der Waals surface area contributed by atoms with Crippen molar-refractivity contribution in [2.24, 2.45) is 5.92 Å². The molecule has 4 nitrogen and oxygen atoms in total. The van der Waals surface area contributed by atoms with Crippen LogP contribution in [-0.4, -0.2) is 51.4 Å². The molecule has 1 atom stereocenters. The number of nitrogens with one attached hydrogen (secondary N) is 1. The Bertz CT molecular complexity index is 198. The van der Waals surface area contributed by atoms with Crippen LogP contribution in [0.2, 0.25) is 0 Å². The SMILES string of the molecule is [CH2-]CNC(=O)CC[C@H](C)CSC.[CH2-]COC.[CH2-]COC[CH2-].[U+2].[U+2]. The molecule has 0 aliphatic rings. The summed E-state index contributed by atoms with van der Waals surface area (Å²) in [6, 6.07) is 0. The van der Waals surface area contributed by atoms with Gasteiger partial charge in [-0.3, -0.25) is 4.79 Å². The Labute approximate surface area is 196 Å². The molecule has 0 aliphatic heterocycles. The molecule has 0 aliphatic carbocycles. The summed E-state index contributed by atoms with van der Waals surface area (Å²) in [5.41, 5.74) is 0. The van der Waals surface area contributed by atoms with Crippen LogP contribution in [0.1, 0.15) is 19.8 Å². The summed E-state index contributed by atoms with van der Waals surface area (Å²) in [7, 11) is 1.62. The van der Waals surface area contributed by atoms with E-state index in [1.165, 1.54) is 0 Å². The molecule has 0 rings (SSSR count). The summed E-state index contributed by atoms with van der Waals surface area (Å²) >= 11 is 1.83. The zero-order valence-corrected chi connectivity index (χ0v) is 24.1. The van der Waals surface area contributed by atoms with Crippen molar-refractivity contribution in [3.8, 4) is 0 Å². The molecule has 23 heavy (non-hydrogen) atoms. The summed E-state index contributed by atoms with van der Waals surface area (Å²) in [4.78, 5) is 11.0. The number of amides is 1. The van der Waals surface area contributed by atoms with Crippen LogP contribution in [0.25, 0.3) is 0 Å². The Morgan fingerprint density at radius 1 is 1.13 bits per heavy atom. The second-order valence-electron chi connectivity index (χ2n) is 4.05. The van der Waals surface area contributed by atoms with Gasteiger partial charge in [0.05, 0.1) is 0 Å². The third kappa shape index (κ3) is 45.3. The summed E-state index contributed by atoms with van der Waals surface area (Å²) in [5.74, 6) is 1.89. The number of carbonyl (C=O) groups excluding carboxylic acids is 1. The van der Waals surface area contributed by atoms with Crippen LogP contribution in [0.4, 0.5) is 0 Å². The van der Waals surface area contributed by atoms with Gasteiger partial charge in [0.25, 0.3) is 0 Å². The van der Waals surface area contributed by atoms with E-state index in [1.807, 2.05) is 11.8 Å². The van der Waals surface area contributed by atoms with Gasteiger partial charge >= 0.3 is 62.2 Å². The van der Waals surface area contributed by atoms with E-state index in [9.17, 15) is 4.79 Å². The predicted molar refractivity (Wildman–Crippen MR) is 93.9 cm³/mol.